The van der Waals surface area contributed by atoms with Crippen molar-refractivity contribution in [1.82, 2.24) is 4.72 Å². The monoisotopic (exact) mass is 273 g/mol. The number of para-hydroxylation sites is 1. The predicted molar refractivity (Wildman–Crippen MR) is 57.9 cm³/mol. The van der Waals surface area contributed by atoms with Gasteiger partial charge in [0.15, 0.2) is 4.90 Å². The van der Waals surface area contributed by atoms with Gasteiger partial charge < -0.3 is 9.90 Å². The molecule has 1 atom stereocenters. The molecule has 18 heavy (non-hydrogen) atoms. The Balaban J connectivity index is 3.21. The normalized spacial score (nSPS) is 12.9. The lowest BCUT2D eigenvalue weighted by atomic mass is 10.3. The average Bonchev–Trinajstić information content (AvgIpc) is 2.28. The minimum Gasteiger partial charge on any atom is -0.548 e. The van der Waals surface area contributed by atoms with Gasteiger partial charge in [-0.1, -0.05) is 12.1 Å². The number of carbonyl (C=O) groups excluding carboxylic acids is 1. The van der Waals surface area contributed by atoms with E-state index in [4.69, 9.17) is 0 Å². The number of hydrogen-bond donors (Lipinski definition) is 1. The molecule has 1 aromatic rings. The van der Waals surface area contributed by atoms with E-state index in [1.54, 1.807) is 4.72 Å². The van der Waals surface area contributed by atoms with Crippen LogP contribution in [0.5, 0.6) is 0 Å². The minimum atomic E-state index is -4.29. The van der Waals surface area contributed by atoms with Crippen LogP contribution in [-0.4, -0.2) is 25.4 Å². The third kappa shape index (κ3) is 3.02. The fraction of sp³-hybridized carbons (Fsp3) is 0.222. The number of nitro benzene ring substituents is 1. The molecule has 0 radical (unpaired) electrons. The molecule has 0 unspecified atom stereocenters. The van der Waals surface area contributed by atoms with Crippen LogP contribution in [0.4, 0.5) is 5.69 Å². The Morgan fingerprint density at radius 1 is 1.39 bits per heavy atom. The Hall–Kier alpha value is -2.00. The summed E-state index contributed by atoms with van der Waals surface area (Å²) in [6.45, 7) is 1.06. The van der Waals surface area contributed by atoms with Crippen LogP contribution in [0.2, 0.25) is 0 Å². The molecule has 9 heteroatoms. The van der Waals surface area contributed by atoms with Crippen LogP contribution in [0, 0.1) is 10.1 Å². The van der Waals surface area contributed by atoms with Crippen LogP contribution in [0.25, 0.3) is 0 Å². The quantitative estimate of drug-likeness (QED) is 0.541. The Bertz CT molecular complexity index is 582. The van der Waals surface area contributed by atoms with Crippen LogP contribution < -0.4 is 9.83 Å². The summed E-state index contributed by atoms with van der Waals surface area (Å²) >= 11 is 0. The van der Waals surface area contributed by atoms with Gasteiger partial charge in [-0.05, 0) is 13.0 Å². The molecule has 0 aliphatic heterocycles. The highest BCUT2D eigenvalue weighted by atomic mass is 32.2. The van der Waals surface area contributed by atoms with Crippen molar-refractivity contribution in [1.29, 1.82) is 0 Å². The van der Waals surface area contributed by atoms with E-state index in [0.717, 1.165) is 19.1 Å². The standard InChI is InChI=1S/C9H10N2O6S/c1-6(9(12)13)10-18(16,17)8-5-3-2-4-7(8)11(14)15/h2-6,10H,1H3,(H,12,13)/p-1/t6-/m0/s1. The van der Waals surface area contributed by atoms with Crippen molar-refractivity contribution >= 4 is 21.7 Å². The van der Waals surface area contributed by atoms with Crippen molar-refractivity contribution in [2.24, 2.45) is 0 Å². The van der Waals surface area contributed by atoms with Crippen molar-refractivity contribution in [3.8, 4) is 0 Å². The first-order valence-corrected chi connectivity index (χ1v) is 6.20. The Kier molecular flexibility index (Phi) is 3.99. The molecule has 1 rings (SSSR count). The van der Waals surface area contributed by atoms with Gasteiger partial charge in [-0.25, -0.2) is 13.1 Å². The first kappa shape index (κ1) is 14.1. The van der Waals surface area contributed by atoms with Gasteiger partial charge >= 0.3 is 0 Å². The van der Waals surface area contributed by atoms with E-state index in [-0.39, 0.29) is 0 Å². The summed E-state index contributed by atoms with van der Waals surface area (Å²) in [4.78, 5) is 19.7. The van der Waals surface area contributed by atoms with E-state index in [9.17, 15) is 28.4 Å². The van der Waals surface area contributed by atoms with Crippen LogP contribution in [-0.2, 0) is 14.8 Å². The first-order valence-electron chi connectivity index (χ1n) is 4.72. The highest BCUT2D eigenvalue weighted by molar-refractivity contribution is 7.89. The molecule has 0 spiro atoms. The number of carboxylic acids is 1. The molecule has 0 saturated heterocycles. The number of carboxylic acid groups (broad SMARTS) is 1. The van der Waals surface area contributed by atoms with Crippen molar-refractivity contribution in [3.63, 3.8) is 0 Å². The van der Waals surface area contributed by atoms with Gasteiger partial charge in [0.2, 0.25) is 10.0 Å². The summed E-state index contributed by atoms with van der Waals surface area (Å²) in [5, 5.41) is 21.1. The summed E-state index contributed by atoms with van der Waals surface area (Å²) in [7, 11) is -4.29. The molecule has 0 bridgehead atoms. The second kappa shape index (κ2) is 5.10. The van der Waals surface area contributed by atoms with Gasteiger partial charge in [0.05, 0.1) is 16.9 Å². The SMILES string of the molecule is C[C@H](NS(=O)(=O)c1ccccc1[N+](=O)[O-])C(=O)[O-]. The molecular weight excluding hydrogens is 264 g/mol. The number of nitrogens with zero attached hydrogens (tertiary/aromatic N) is 1. The molecule has 98 valence electrons. The third-order valence-electron chi connectivity index (χ3n) is 2.04. The number of nitrogens with one attached hydrogen (secondary N) is 1. The minimum absolute atomic E-state index is 0.594. The number of rotatable bonds is 5. The topological polar surface area (TPSA) is 129 Å². The maximum absolute atomic E-state index is 11.8. The van der Waals surface area contributed by atoms with Crippen molar-refractivity contribution in [3.05, 3.63) is 34.4 Å². The van der Waals surface area contributed by atoms with E-state index >= 15 is 0 Å². The number of nitro groups is 1. The van der Waals surface area contributed by atoms with Crippen LogP contribution in [0.15, 0.2) is 29.2 Å². The summed E-state index contributed by atoms with van der Waals surface area (Å²) in [5.74, 6) is -1.63. The van der Waals surface area contributed by atoms with Crippen LogP contribution in [0.3, 0.4) is 0 Å². The van der Waals surface area contributed by atoms with Gasteiger partial charge in [0.25, 0.3) is 5.69 Å². The molecule has 0 aromatic heterocycles. The molecule has 0 saturated carbocycles. The lowest BCUT2D eigenvalue weighted by Gasteiger charge is -2.14. The molecule has 0 aliphatic carbocycles. The average molecular weight is 273 g/mol. The van der Waals surface area contributed by atoms with E-state index in [1.807, 2.05) is 0 Å². The van der Waals surface area contributed by atoms with Gasteiger partial charge in [0, 0.05) is 6.07 Å². The summed E-state index contributed by atoms with van der Waals surface area (Å²) in [6.07, 6.45) is 0. The fourth-order valence-electron chi connectivity index (χ4n) is 1.18. The number of sulfonamides is 1. The maximum Gasteiger partial charge on any atom is 0.289 e. The van der Waals surface area contributed by atoms with E-state index in [2.05, 4.69) is 0 Å². The molecule has 0 heterocycles. The zero-order valence-corrected chi connectivity index (χ0v) is 10.0. The maximum atomic E-state index is 11.8. The highest BCUT2D eigenvalue weighted by Crippen LogP contribution is 2.22. The van der Waals surface area contributed by atoms with Crippen molar-refractivity contribution < 1.29 is 23.2 Å². The summed E-state index contributed by atoms with van der Waals surface area (Å²) < 4.78 is 25.3. The zero-order chi connectivity index (χ0) is 13.9. The molecular formula is C9H9N2O6S-. The first-order chi connectivity index (χ1) is 8.25. The second-order valence-corrected chi connectivity index (χ2v) is 5.07. The summed E-state index contributed by atoms with van der Waals surface area (Å²) in [6, 6.07) is 3.14. The van der Waals surface area contributed by atoms with E-state index in [1.165, 1.54) is 12.1 Å². The van der Waals surface area contributed by atoms with Gasteiger partial charge in [0.1, 0.15) is 0 Å². The predicted octanol–water partition coefficient (Wildman–Crippen LogP) is -0.988. The lowest BCUT2D eigenvalue weighted by molar-refractivity contribution is -0.387. The smallest absolute Gasteiger partial charge is 0.289 e. The van der Waals surface area contributed by atoms with Crippen molar-refractivity contribution in [2.45, 2.75) is 17.9 Å². The molecule has 0 fully saturated rings. The lowest BCUT2D eigenvalue weighted by Crippen LogP contribution is -2.45. The molecule has 1 aromatic carbocycles. The van der Waals surface area contributed by atoms with E-state index < -0.39 is 37.5 Å². The third-order valence-corrected chi connectivity index (χ3v) is 3.63. The van der Waals surface area contributed by atoms with E-state index in [0.29, 0.717) is 0 Å². The number of benzene rings is 1. The van der Waals surface area contributed by atoms with Gasteiger partial charge in [-0.2, -0.15) is 0 Å². The number of hydrogen-bond acceptors (Lipinski definition) is 6. The Morgan fingerprint density at radius 3 is 2.44 bits per heavy atom. The zero-order valence-electron chi connectivity index (χ0n) is 9.19. The molecule has 1 N–H and O–H groups in total. The molecule has 0 aliphatic rings. The summed E-state index contributed by atoms with van der Waals surface area (Å²) in [5.41, 5.74) is -0.629. The number of aliphatic carboxylic acids is 1. The fourth-order valence-corrected chi connectivity index (χ4v) is 2.54. The molecule has 0 amide bonds. The van der Waals surface area contributed by atoms with Gasteiger partial charge in [-0.15, -0.1) is 0 Å². The van der Waals surface area contributed by atoms with Crippen LogP contribution >= 0.6 is 0 Å². The van der Waals surface area contributed by atoms with Crippen LogP contribution in [0.1, 0.15) is 6.92 Å². The Labute approximate surface area is 102 Å². The highest BCUT2D eigenvalue weighted by Gasteiger charge is 2.26. The van der Waals surface area contributed by atoms with Crippen molar-refractivity contribution in [2.75, 3.05) is 0 Å². The number of carbonyl (C=O) groups is 1. The largest absolute Gasteiger partial charge is 0.548 e. The molecule has 8 nitrogen and oxygen atoms in total. The Morgan fingerprint density at radius 2 is 1.94 bits per heavy atom. The van der Waals surface area contributed by atoms with Gasteiger partial charge in [-0.3, -0.25) is 10.1 Å². The second-order valence-electron chi connectivity index (χ2n) is 3.39.